The van der Waals surface area contributed by atoms with E-state index in [0.717, 1.165) is 6.07 Å². The van der Waals surface area contributed by atoms with Crippen LogP contribution in [0.3, 0.4) is 0 Å². The van der Waals surface area contributed by atoms with Gasteiger partial charge >= 0.3 is 0 Å². The quantitative estimate of drug-likeness (QED) is 0.466. The van der Waals surface area contributed by atoms with Crippen LogP contribution >= 0.6 is 0 Å². The third-order valence-corrected chi connectivity index (χ3v) is 4.82. The van der Waals surface area contributed by atoms with Gasteiger partial charge in [0.1, 0.15) is 23.1 Å². The molecule has 3 aromatic carbocycles. The van der Waals surface area contributed by atoms with Crippen molar-refractivity contribution in [1.82, 2.24) is 4.98 Å². The highest BCUT2D eigenvalue weighted by Crippen LogP contribution is 2.34. The number of nitrogens with zero attached hydrogens (tertiary/aromatic N) is 1. The molecular formula is C24H18F2N2O3. The van der Waals surface area contributed by atoms with Crippen LogP contribution in [0.2, 0.25) is 0 Å². The summed E-state index contributed by atoms with van der Waals surface area (Å²) in [5, 5.41) is 3.11. The maximum atomic E-state index is 14.1. The number of aromatic nitrogens is 1. The number of amides is 1. The molecule has 1 aromatic heterocycles. The number of pyridine rings is 1. The number of para-hydroxylation sites is 1. The molecule has 0 aliphatic carbocycles. The van der Waals surface area contributed by atoms with Crippen molar-refractivity contribution >= 4 is 22.5 Å². The van der Waals surface area contributed by atoms with Crippen LogP contribution in [0.25, 0.3) is 22.2 Å². The van der Waals surface area contributed by atoms with Crippen LogP contribution in [-0.4, -0.2) is 25.1 Å². The lowest BCUT2D eigenvalue weighted by molar-refractivity contribution is 0.102. The minimum absolute atomic E-state index is 0.115. The fourth-order valence-corrected chi connectivity index (χ4v) is 3.29. The van der Waals surface area contributed by atoms with Crippen LogP contribution in [0.5, 0.6) is 11.5 Å². The Balaban J connectivity index is 1.83. The summed E-state index contributed by atoms with van der Waals surface area (Å²) in [7, 11) is 3.09. The van der Waals surface area contributed by atoms with Crippen molar-refractivity contribution in [3.63, 3.8) is 0 Å². The Bertz CT molecular complexity index is 1290. The van der Waals surface area contributed by atoms with Crippen molar-refractivity contribution in [2.75, 3.05) is 19.5 Å². The van der Waals surface area contributed by atoms with Crippen molar-refractivity contribution < 1.29 is 23.0 Å². The second-order valence-corrected chi connectivity index (χ2v) is 6.72. The molecule has 4 rings (SSSR count). The number of anilines is 1. The van der Waals surface area contributed by atoms with Crippen LogP contribution in [0.15, 0.2) is 66.7 Å². The molecule has 5 nitrogen and oxygen atoms in total. The SMILES string of the molecule is COc1ccc(-c2cc(C(=O)Nc3ccc(F)cc3F)c3ccccc3n2)c(OC)c1. The van der Waals surface area contributed by atoms with Gasteiger partial charge in [-0.1, -0.05) is 18.2 Å². The first-order chi connectivity index (χ1) is 15.0. The van der Waals surface area contributed by atoms with Crippen molar-refractivity contribution in [3.05, 3.63) is 83.9 Å². The van der Waals surface area contributed by atoms with E-state index in [2.05, 4.69) is 10.3 Å². The molecule has 0 radical (unpaired) electrons. The Morgan fingerprint density at radius 2 is 1.74 bits per heavy atom. The number of methoxy groups -OCH3 is 2. The smallest absolute Gasteiger partial charge is 0.256 e. The molecule has 7 heteroatoms. The van der Waals surface area contributed by atoms with Crippen LogP contribution in [0, 0.1) is 11.6 Å². The summed E-state index contributed by atoms with van der Waals surface area (Å²) in [5.74, 6) is -0.982. The molecule has 0 saturated heterocycles. The van der Waals surface area contributed by atoms with Crippen molar-refractivity contribution in [1.29, 1.82) is 0 Å². The Kier molecular flexibility index (Phi) is 5.49. The third kappa shape index (κ3) is 4.02. The first-order valence-corrected chi connectivity index (χ1v) is 9.38. The van der Waals surface area contributed by atoms with Crippen LogP contribution in [-0.2, 0) is 0 Å². The topological polar surface area (TPSA) is 60.5 Å². The van der Waals surface area contributed by atoms with Crippen molar-refractivity contribution in [2.45, 2.75) is 0 Å². The van der Waals surface area contributed by atoms with Gasteiger partial charge in [-0.3, -0.25) is 4.79 Å². The number of carbonyl (C=O) groups is 1. The predicted octanol–water partition coefficient (Wildman–Crippen LogP) is 5.45. The van der Waals surface area contributed by atoms with Crippen molar-refractivity contribution in [2.24, 2.45) is 0 Å². The lowest BCUT2D eigenvalue weighted by Crippen LogP contribution is -2.14. The minimum Gasteiger partial charge on any atom is -0.497 e. The van der Waals surface area contributed by atoms with E-state index >= 15 is 0 Å². The van der Waals surface area contributed by atoms with Gasteiger partial charge in [-0.25, -0.2) is 13.8 Å². The second-order valence-electron chi connectivity index (χ2n) is 6.72. The lowest BCUT2D eigenvalue weighted by atomic mass is 10.0. The van der Waals surface area contributed by atoms with Crippen molar-refractivity contribution in [3.8, 4) is 22.8 Å². The Hall–Kier alpha value is -4.00. The molecule has 1 heterocycles. The summed E-state index contributed by atoms with van der Waals surface area (Å²) in [5.41, 5.74) is 1.93. The predicted molar refractivity (Wildman–Crippen MR) is 115 cm³/mol. The Morgan fingerprint density at radius 1 is 0.935 bits per heavy atom. The highest BCUT2D eigenvalue weighted by molar-refractivity contribution is 6.13. The number of fused-ring (bicyclic) bond motifs is 1. The summed E-state index contributed by atoms with van der Waals surface area (Å²) >= 11 is 0. The zero-order valence-corrected chi connectivity index (χ0v) is 16.8. The third-order valence-electron chi connectivity index (χ3n) is 4.82. The molecule has 0 aliphatic rings. The molecule has 0 spiro atoms. The standard InChI is InChI=1S/C24H18F2N2O3/c1-30-15-8-9-17(23(12-15)31-2)22-13-18(16-5-3-4-6-20(16)27-22)24(29)28-21-10-7-14(25)11-19(21)26/h3-13H,1-2H3,(H,28,29). The van der Waals surface area contributed by atoms with E-state index in [1.165, 1.54) is 13.2 Å². The molecule has 1 N–H and O–H groups in total. The summed E-state index contributed by atoms with van der Waals surface area (Å²) < 4.78 is 38.0. The monoisotopic (exact) mass is 420 g/mol. The van der Waals surface area contributed by atoms with E-state index in [1.807, 2.05) is 6.07 Å². The molecule has 0 atom stereocenters. The van der Waals surface area contributed by atoms with Gasteiger partial charge < -0.3 is 14.8 Å². The van der Waals surface area contributed by atoms with Gasteiger partial charge in [0.2, 0.25) is 0 Å². The van der Waals surface area contributed by atoms with Gasteiger partial charge in [-0.15, -0.1) is 0 Å². The van der Waals surface area contributed by atoms with E-state index in [9.17, 15) is 13.6 Å². The first-order valence-electron chi connectivity index (χ1n) is 9.38. The van der Waals surface area contributed by atoms with E-state index in [4.69, 9.17) is 9.47 Å². The summed E-state index contributed by atoms with van der Waals surface area (Å²) in [4.78, 5) is 17.7. The summed E-state index contributed by atoms with van der Waals surface area (Å²) in [6, 6.07) is 17.0. The van der Waals surface area contributed by atoms with Gasteiger partial charge in [0, 0.05) is 23.1 Å². The van der Waals surface area contributed by atoms with Gasteiger partial charge in [0.25, 0.3) is 5.91 Å². The highest BCUT2D eigenvalue weighted by atomic mass is 19.1. The molecule has 1 amide bonds. The number of hydrogen-bond acceptors (Lipinski definition) is 4. The Morgan fingerprint density at radius 3 is 2.48 bits per heavy atom. The Labute approximate surface area is 177 Å². The number of hydrogen-bond donors (Lipinski definition) is 1. The maximum absolute atomic E-state index is 14.1. The van der Waals surface area contributed by atoms with Gasteiger partial charge in [-0.2, -0.15) is 0 Å². The molecule has 31 heavy (non-hydrogen) atoms. The number of halogens is 2. The molecule has 0 saturated carbocycles. The molecular weight excluding hydrogens is 402 g/mol. The van der Waals surface area contributed by atoms with Crippen LogP contribution in [0.4, 0.5) is 14.5 Å². The number of ether oxygens (including phenoxy) is 2. The van der Waals surface area contributed by atoms with E-state index in [1.54, 1.807) is 49.6 Å². The zero-order valence-electron chi connectivity index (χ0n) is 16.8. The summed E-state index contributed by atoms with van der Waals surface area (Å²) in [6.45, 7) is 0. The second kappa shape index (κ2) is 8.39. The normalized spacial score (nSPS) is 10.7. The van der Waals surface area contributed by atoms with Gasteiger partial charge in [0.05, 0.1) is 36.7 Å². The van der Waals surface area contributed by atoms with E-state index in [-0.39, 0.29) is 5.69 Å². The molecule has 156 valence electrons. The number of carbonyl (C=O) groups excluding carboxylic acids is 1. The molecule has 0 unspecified atom stereocenters. The average Bonchev–Trinajstić information content (AvgIpc) is 2.79. The fraction of sp³-hybridized carbons (Fsp3) is 0.0833. The first kappa shape index (κ1) is 20.3. The van der Waals surface area contributed by atoms with E-state index in [0.29, 0.717) is 45.3 Å². The minimum atomic E-state index is -0.858. The number of benzene rings is 3. The van der Waals surface area contributed by atoms with E-state index < -0.39 is 17.5 Å². The lowest BCUT2D eigenvalue weighted by Gasteiger charge is -2.13. The van der Waals surface area contributed by atoms with Crippen LogP contribution in [0.1, 0.15) is 10.4 Å². The molecule has 0 aliphatic heterocycles. The number of nitrogens with one attached hydrogen (secondary N) is 1. The number of rotatable bonds is 5. The molecule has 0 fully saturated rings. The highest BCUT2D eigenvalue weighted by Gasteiger charge is 2.18. The van der Waals surface area contributed by atoms with Gasteiger partial charge in [0.15, 0.2) is 0 Å². The van der Waals surface area contributed by atoms with Gasteiger partial charge in [-0.05, 0) is 36.4 Å². The molecule has 0 bridgehead atoms. The largest absolute Gasteiger partial charge is 0.497 e. The molecule has 4 aromatic rings. The maximum Gasteiger partial charge on any atom is 0.256 e. The van der Waals surface area contributed by atoms with Crippen LogP contribution < -0.4 is 14.8 Å². The zero-order chi connectivity index (χ0) is 22.0. The average molecular weight is 420 g/mol. The summed E-state index contributed by atoms with van der Waals surface area (Å²) in [6.07, 6.45) is 0. The fourth-order valence-electron chi connectivity index (χ4n) is 3.29.